The molecule has 0 aliphatic carbocycles. The summed E-state index contributed by atoms with van der Waals surface area (Å²) in [7, 11) is -3.98. The van der Waals surface area contributed by atoms with E-state index in [9.17, 15) is 22.3 Å². The lowest BCUT2D eigenvalue weighted by Gasteiger charge is -2.31. The molecule has 2 rings (SSSR count). The van der Waals surface area contributed by atoms with Crippen LogP contribution in [0.5, 0.6) is 0 Å². The topological polar surface area (TPSA) is 69.6 Å². The number of benzene rings is 1. The molecule has 1 aliphatic heterocycles. The highest BCUT2D eigenvalue weighted by Gasteiger charge is 2.21. The van der Waals surface area contributed by atoms with Crippen molar-refractivity contribution in [1.82, 2.24) is 9.62 Å². The first-order chi connectivity index (χ1) is 10.8. The van der Waals surface area contributed by atoms with Gasteiger partial charge >= 0.3 is 0 Å². The third-order valence-corrected chi connectivity index (χ3v) is 5.48. The van der Waals surface area contributed by atoms with Crippen molar-refractivity contribution in [1.29, 1.82) is 0 Å². The summed E-state index contributed by atoms with van der Waals surface area (Å²) in [5.74, 6) is -1.66. The van der Waals surface area contributed by atoms with Gasteiger partial charge in [0.15, 0.2) is 11.6 Å². The molecule has 0 radical (unpaired) electrons. The zero-order valence-electron chi connectivity index (χ0n) is 13.0. The third-order valence-electron chi connectivity index (χ3n) is 4.06. The summed E-state index contributed by atoms with van der Waals surface area (Å²) in [5.41, 5.74) is 0. The number of halogens is 2. The normalized spacial score (nSPS) is 19.0. The molecule has 0 amide bonds. The van der Waals surface area contributed by atoms with E-state index in [0.29, 0.717) is 18.5 Å². The predicted molar refractivity (Wildman–Crippen MR) is 82.4 cm³/mol. The molecule has 1 aromatic carbocycles. The van der Waals surface area contributed by atoms with Crippen molar-refractivity contribution < 1.29 is 22.3 Å². The minimum absolute atomic E-state index is 0.173. The van der Waals surface area contributed by atoms with E-state index in [1.165, 1.54) is 0 Å². The van der Waals surface area contributed by atoms with Crippen LogP contribution in [-0.4, -0.2) is 50.7 Å². The number of β-amino-alcohol motifs (C(OH)–C–C–N with tert-alkyl or cyclic N) is 1. The highest BCUT2D eigenvalue weighted by molar-refractivity contribution is 7.89. The fourth-order valence-electron chi connectivity index (χ4n) is 2.54. The molecule has 1 aliphatic rings. The lowest BCUT2D eigenvalue weighted by molar-refractivity contribution is 0.0942. The van der Waals surface area contributed by atoms with Gasteiger partial charge in [0.05, 0.1) is 11.0 Å². The molecule has 1 heterocycles. The molecular weight excluding hydrogens is 326 g/mol. The van der Waals surface area contributed by atoms with E-state index in [0.717, 1.165) is 38.1 Å². The van der Waals surface area contributed by atoms with Crippen molar-refractivity contribution in [2.75, 3.05) is 26.2 Å². The number of likely N-dealkylation sites (tertiary alicyclic amines) is 1. The monoisotopic (exact) mass is 348 g/mol. The van der Waals surface area contributed by atoms with Crippen LogP contribution in [0, 0.1) is 17.6 Å². The fraction of sp³-hybridized carbons (Fsp3) is 0.600. The number of rotatable bonds is 6. The van der Waals surface area contributed by atoms with E-state index in [2.05, 4.69) is 16.5 Å². The van der Waals surface area contributed by atoms with Gasteiger partial charge in [-0.1, -0.05) is 6.92 Å². The molecule has 5 nitrogen and oxygen atoms in total. The van der Waals surface area contributed by atoms with Crippen molar-refractivity contribution in [3.8, 4) is 0 Å². The third kappa shape index (κ3) is 5.20. The Labute approximate surface area is 135 Å². The maximum Gasteiger partial charge on any atom is 0.240 e. The van der Waals surface area contributed by atoms with Gasteiger partial charge in [0.2, 0.25) is 10.0 Å². The number of piperidine rings is 1. The van der Waals surface area contributed by atoms with Gasteiger partial charge in [0, 0.05) is 13.1 Å². The lowest BCUT2D eigenvalue weighted by atomic mass is 9.99. The smallest absolute Gasteiger partial charge is 0.240 e. The summed E-state index contributed by atoms with van der Waals surface area (Å²) in [6.07, 6.45) is 1.27. The zero-order chi connectivity index (χ0) is 17.0. The molecule has 0 spiro atoms. The minimum atomic E-state index is -3.98. The maximum atomic E-state index is 13.1. The van der Waals surface area contributed by atoms with Crippen LogP contribution < -0.4 is 4.72 Å². The minimum Gasteiger partial charge on any atom is -0.390 e. The zero-order valence-corrected chi connectivity index (χ0v) is 13.8. The van der Waals surface area contributed by atoms with Gasteiger partial charge in [-0.25, -0.2) is 21.9 Å². The molecule has 1 fully saturated rings. The average molecular weight is 348 g/mol. The number of nitrogens with zero attached hydrogens (tertiary/aromatic N) is 1. The lowest BCUT2D eigenvalue weighted by Crippen LogP contribution is -2.43. The van der Waals surface area contributed by atoms with Crippen molar-refractivity contribution in [2.24, 2.45) is 5.92 Å². The van der Waals surface area contributed by atoms with Gasteiger partial charge < -0.3 is 10.0 Å². The van der Waals surface area contributed by atoms with Gasteiger partial charge in [-0.3, -0.25) is 0 Å². The number of hydrogen-bond donors (Lipinski definition) is 2. The fourth-order valence-corrected chi connectivity index (χ4v) is 3.62. The Bertz CT molecular complexity index is 632. The van der Waals surface area contributed by atoms with Gasteiger partial charge in [0.1, 0.15) is 0 Å². The summed E-state index contributed by atoms with van der Waals surface area (Å²) < 4.78 is 52.2. The molecule has 8 heteroatoms. The molecule has 2 N–H and O–H groups in total. The van der Waals surface area contributed by atoms with Crippen LogP contribution in [0.15, 0.2) is 23.1 Å². The van der Waals surface area contributed by atoms with Crippen LogP contribution in [0.4, 0.5) is 8.78 Å². The van der Waals surface area contributed by atoms with Gasteiger partial charge in [-0.15, -0.1) is 0 Å². The second kappa shape index (κ2) is 7.65. The number of sulfonamides is 1. The Morgan fingerprint density at radius 1 is 1.30 bits per heavy atom. The maximum absolute atomic E-state index is 13.1. The molecule has 130 valence electrons. The molecule has 23 heavy (non-hydrogen) atoms. The average Bonchev–Trinajstić information content (AvgIpc) is 2.50. The first-order valence-electron chi connectivity index (χ1n) is 7.63. The number of aliphatic hydroxyl groups excluding tert-OH is 1. The SMILES string of the molecule is CC1CCN(CC(O)CNS(=O)(=O)c2ccc(F)c(F)c2)CC1. The van der Waals surface area contributed by atoms with E-state index < -0.39 is 27.8 Å². The summed E-state index contributed by atoms with van der Waals surface area (Å²) >= 11 is 0. The largest absolute Gasteiger partial charge is 0.390 e. The van der Waals surface area contributed by atoms with E-state index in [1.807, 2.05) is 0 Å². The second-order valence-electron chi connectivity index (χ2n) is 6.06. The van der Waals surface area contributed by atoms with E-state index >= 15 is 0 Å². The highest BCUT2D eigenvalue weighted by atomic mass is 32.2. The first kappa shape index (κ1) is 18.3. The van der Waals surface area contributed by atoms with Crippen molar-refractivity contribution in [2.45, 2.75) is 30.8 Å². The number of aliphatic hydroxyl groups is 1. The molecular formula is C15H22F2N2O3S. The van der Waals surface area contributed by atoms with Crippen molar-refractivity contribution >= 4 is 10.0 Å². The number of nitrogens with one attached hydrogen (secondary N) is 1. The molecule has 1 saturated heterocycles. The van der Waals surface area contributed by atoms with Crippen LogP contribution >= 0.6 is 0 Å². The molecule has 1 atom stereocenters. The van der Waals surface area contributed by atoms with Crippen molar-refractivity contribution in [3.63, 3.8) is 0 Å². The van der Waals surface area contributed by atoms with E-state index in [4.69, 9.17) is 0 Å². The highest BCUT2D eigenvalue weighted by Crippen LogP contribution is 2.16. The molecule has 0 bridgehead atoms. The Morgan fingerprint density at radius 2 is 1.96 bits per heavy atom. The van der Waals surface area contributed by atoms with Crippen LogP contribution in [0.3, 0.4) is 0 Å². The Hall–Kier alpha value is -1.09. The van der Waals surface area contributed by atoms with Crippen LogP contribution in [-0.2, 0) is 10.0 Å². The summed E-state index contributed by atoms with van der Waals surface area (Å²) in [6, 6.07) is 2.37. The van der Waals surface area contributed by atoms with Gasteiger partial charge in [-0.05, 0) is 50.0 Å². The summed E-state index contributed by atoms with van der Waals surface area (Å²) in [6.45, 7) is 4.16. The summed E-state index contributed by atoms with van der Waals surface area (Å²) in [4.78, 5) is 1.73. The predicted octanol–water partition coefficient (Wildman–Crippen LogP) is 1.34. The number of hydrogen-bond acceptors (Lipinski definition) is 4. The molecule has 1 unspecified atom stereocenters. The van der Waals surface area contributed by atoms with Crippen LogP contribution in [0.25, 0.3) is 0 Å². The van der Waals surface area contributed by atoms with Crippen molar-refractivity contribution in [3.05, 3.63) is 29.8 Å². The Morgan fingerprint density at radius 3 is 2.57 bits per heavy atom. The molecule has 0 saturated carbocycles. The van der Waals surface area contributed by atoms with Gasteiger partial charge in [0.25, 0.3) is 0 Å². The van der Waals surface area contributed by atoms with E-state index in [-0.39, 0.29) is 11.4 Å². The summed E-state index contributed by atoms with van der Waals surface area (Å²) in [5, 5.41) is 9.97. The van der Waals surface area contributed by atoms with Gasteiger partial charge in [-0.2, -0.15) is 0 Å². The van der Waals surface area contributed by atoms with Crippen LogP contribution in [0.2, 0.25) is 0 Å². The van der Waals surface area contributed by atoms with Crippen LogP contribution in [0.1, 0.15) is 19.8 Å². The molecule has 1 aromatic rings. The second-order valence-corrected chi connectivity index (χ2v) is 7.83. The standard InChI is InChI=1S/C15H22F2N2O3S/c1-11-4-6-19(7-5-11)10-12(20)9-18-23(21,22)13-2-3-14(16)15(17)8-13/h2-3,8,11-12,18,20H,4-7,9-10H2,1H3. The Balaban J connectivity index is 1.87. The van der Waals surface area contributed by atoms with E-state index in [1.54, 1.807) is 0 Å². The quantitative estimate of drug-likeness (QED) is 0.814. The first-order valence-corrected chi connectivity index (χ1v) is 9.11. The molecule has 0 aromatic heterocycles. The Kier molecular flexibility index (Phi) is 6.07.